The molecule has 0 unspecified atom stereocenters. The normalized spacial score (nSPS) is 16.7. The number of aliphatic hydroxyl groups is 2. The second-order valence-electron chi connectivity index (χ2n) is 22.0. The molecule has 3 rings (SSSR count). The molecule has 0 radical (unpaired) electrons. The van der Waals surface area contributed by atoms with Gasteiger partial charge < -0.3 is 102 Å². The van der Waals surface area contributed by atoms with E-state index in [9.17, 15) is 82.8 Å². The number of nitrogens with zero attached hydrogens (tertiary/aromatic N) is 2. The molecule has 33 heteroatoms. The molecule has 488 valence electrons. The van der Waals surface area contributed by atoms with Crippen molar-refractivity contribution in [1.82, 2.24) is 52.4 Å². The average molecular weight is 1240 g/mol. The molecule has 1 aliphatic heterocycles. The number of benzene rings is 1. The lowest BCUT2D eigenvalue weighted by Gasteiger charge is -2.30. The molecule has 1 saturated heterocycles. The fraction of sp³-hybridized carbons (Fsp3) is 0.600. The van der Waals surface area contributed by atoms with Crippen LogP contribution in [0.3, 0.4) is 0 Å². The number of para-hydroxylation sites is 1. The fourth-order valence-electron chi connectivity index (χ4n) is 9.51. The smallest absolute Gasteiger partial charge is 0.328 e. The highest BCUT2D eigenvalue weighted by atomic mass is 16.4. The van der Waals surface area contributed by atoms with Crippen LogP contribution in [0.25, 0.3) is 10.9 Å². The number of aliphatic imine (C=N–C) groups is 1. The van der Waals surface area contributed by atoms with Gasteiger partial charge >= 0.3 is 11.9 Å². The van der Waals surface area contributed by atoms with E-state index < -0.39 is 181 Å². The van der Waals surface area contributed by atoms with Crippen molar-refractivity contribution in [3.63, 3.8) is 0 Å². The van der Waals surface area contributed by atoms with Gasteiger partial charge in [-0.25, -0.2) is 4.79 Å². The molecule has 0 bridgehead atoms. The topological polar surface area (TPSA) is 561 Å². The zero-order chi connectivity index (χ0) is 66.1. The molecule has 2 heterocycles. The quantitative estimate of drug-likeness (QED) is 0.0169. The highest BCUT2D eigenvalue weighted by molar-refractivity contribution is 6.00. The van der Waals surface area contributed by atoms with Crippen molar-refractivity contribution in [3.05, 3.63) is 36.0 Å². The van der Waals surface area contributed by atoms with Crippen LogP contribution in [0, 0.1) is 11.8 Å². The third-order valence-electron chi connectivity index (χ3n) is 14.5. The summed E-state index contributed by atoms with van der Waals surface area (Å²) in [5.74, 6) is -15.2. The molecule has 2 aromatic rings. The molecular formula is C55H86N16O17. The first-order chi connectivity index (χ1) is 41.4. The van der Waals surface area contributed by atoms with Crippen LogP contribution in [0.15, 0.2) is 35.5 Å². The minimum atomic E-state index is -1.85. The van der Waals surface area contributed by atoms with Crippen molar-refractivity contribution in [3.8, 4) is 0 Å². The van der Waals surface area contributed by atoms with Gasteiger partial charge in [0.2, 0.25) is 65.0 Å². The second-order valence-corrected chi connectivity index (χ2v) is 22.0. The van der Waals surface area contributed by atoms with Gasteiger partial charge in [0.1, 0.15) is 54.4 Å². The number of hydrogen-bond donors (Lipinski definition) is 18. The number of carboxylic acids is 2. The van der Waals surface area contributed by atoms with E-state index in [2.05, 4.69) is 52.5 Å². The van der Waals surface area contributed by atoms with E-state index in [1.165, 1.54) is 0 Å². The van der Waals surface area contributed by atoms with Crippen LogP contribution in [0.5, 0.6) is 0 Å². The number of aliphatic hydroxyl groups excluding tert-OH is 2. The Hall–Kier alpha value is -8.98. The SMILES string of the molecule is CC[C@H](C)[C@H](NC(=O)[C@H](CCCN=C(N)N)NC(=O)[C@H](CCC(=O)O)NC(=O)[C@H](CC(C)C)NC(=O)[C@H](CC(N)=O)NC(=O)[C@H](Cc1c[nH]c2ccccc12)NC(=O)[C@@H]1CCCN1C(=O)[C@H](CCC(N)=O)NC(=O)[C@@H](N)CO)C(=O)N[C@H](C(=O)O)[C@@H](C)O. The van der Waals surface area contributed by atoms with E-state index in [0.717, 1.165) is 11.8 Å². The molecule has 33 nitrogen and oxygen atoms in total. The van der Waals surface area contributed by atoms with Gasteiger partial charge in [-0.3, -0.25) is 62.5 Å². The third-order valence-corrected chi connectivity index (χ3v) is 14.5. The van der Waals surface area contributed by atoms with Crippen molar-refractivity contribution in [1.29, 1.82) is 0 Å². The number of aromatic amines is 1. The molecule has 23 N–H and O–H groups in total. The maximum atomic E-state index is 14.6. The molecule has 11 amide bonds. The zero-order valence-electron chi connectivity index (χ0n) is 49.9. The summed E-state index contributed by atoms with van der Waals surface area (Å²) < 4.78 is 0. The molecule has 88 heavy (non-hydrogen) atoms. The number of nitrogens with one attached hydrogen (secondary N) is 9. The van der Waals surface area contributed by atoms with E-state index in [0.29, 0.717) is 16.5 Å². The first-order valence-corrected chi connectivity index (χ1v) is 28.8. The number of primary amides is 2. The third kappa shape index (κ3) is 23.4. The number of H-pyrrole nitrogens is 1. The van der Waals surface area contributed by atoms with Gasteiger partial charge in [-0.15, -0.1) is 0 Å². The van der Waals surface area contributed by atoms with Crippen molar-refractivity contribution in [2.45, 2.75) is 178 Å². The van der Waals surface area contributed by atoms with Crippen molar-refractivity contribution < 1.29 is 82.8 Å². The largest absolute Gasteiger partial charge is 0.481 e. The number of carboxylic acid groups (broad SMARTS) is 2. The molecule has 0 saturated carbocycles. The number of aromatic nitrogens is 1. The first kappa shape index (κ1) is 73.3. The van der Waals surface area contributed by atoms with Gasteiger partial charge in [-0.1, -0.05) is 52.3 Å². The molecule has 1 aromatic carbocycles. The Kier molecular flexibility index (Phi) is 29.6. The Morgan fingerprint density at radius 1 is 0.670 bits per heavy atom. The molecule has 12 atom stereocenters. The number of nitrogens with two attached hydrogens (primary N) is 5. The van der Waals surface area contributed by atoms with Gasteiger partial charge in [0.15, 0.2) is 12.0 Å². The van der Waals surface area contributed by atoms with Gasteiger partial charge in [-0.2, -0.15) is 0 Å². The summed E-state index contributed by atoms with van der Waals surface area (Å²) >= 11 is 0. The van der Waals surface area contributed by atoms with Gasteiger partial charge in [0.25, 0.3) is 0 Å². The predicted molar refractivity (Wildman–Crippen MR) is 314 cm³/mol. The summed E-state index contributed by atoms with van der Waals surface area (Å²) in [5.41, 5.74) is 28.7. The minimum absolute atomic E-state index is 0.00619. The Balaban J connectivity index is 1.99. The summed E-state index contributed by atoms with van der Waals surface area (Å²) in [4.78, 5) is 183. The van der Waals surface area contributed by atoms with Crippen LogP contribution in [-0.4, -0.2) is 199 Å². The van der Waals surface area contributed by atoms with Crippen LogP contribution in [-0.2, 0) is 68.7 Å². The molecule has 0 aliphatic carbocycles. The van der Waals surface area contributed by atoms with Crippen LogP contribution in [0.2, 0.25) is 0 Å². The lowest BCUT2D eigenvalue weighted by atomic mass is 9.96. The molecule has 1 aliphatic rings. The van der Waals surface area contributed by atoms with Crippen molar-refractivity contribution in [2.75, 3.05) is 19.7 Å². The van der Waals surface area contributed by atoms with E-state index in [1.807, 2.05) is 0 Å². The Bertz CT molecular complexity index is 2840. The van der Waals surface area contributed by atoms with Gasteiger partial charge in [0, 0.05) is 49.5 Å². The number of guanidine groups is 1. The van der Waals surface area contributed by atoms with Gasteiger partial charge in [-0.05, 0) is 75.3 Å². The Morgan fingerprint density at radius 2 is 1.23 bits per heavy atom. The van der Waals surface area contributed by atoms with E-state index in [-0.39, 0.29) is 76.8 Å². The van der Waals surface area contributed by atoms with Crippen LogP contribution in [0.1, 0.15) is 111 Å². The highest BCUT2D eigenvalue weighted by Crippen LogP contribution is 2.23. The minimum Gasteiger partial charge on any atom is -0.481 e. The number of rotatable bonds is 38. The maximum absolute atomic E-state index is 14.6. The van der Waals surface area contributed by atoms with E-state index in [4.69, 9.17) is 28.7 Å². The van der Waals surface area contributed by atoms with Gasteiger partial charge in [0.05, 0.1) is 19.1 Å². The lowest BCUT2D eigenvalue weighted by molar-refractivity contribution is -0.145. The summed E-state index contributed by atoms with van der Waals surface area (Å²) in [6.07, 6.45) is -2.82. The van der Waals surface area contributed by atoms with Crippen LogP contribution >= 0.6 is 0 Å². The Morgan fingerprint density at radius 3 is 1.81 bits per heavy atom. The lowest BCUT2D eigenvalue weighted by Crippen LogP contribution is -2.61. The second kappa shape index (κ2) is 35.6. The highest BCUT2D eigenvalue weighted by Gasteiger charge is 2.41. The van der Waals surface area contributed by atoms with Crippen molar-refractivity contribution >= 4 is 93.8 Å². The monoisotopic (exact) mass is 1240 g/mol. The maximum Gasteiger partial charge on any atom is 0.328 e. The predicted octanol–water partition coefficient (Wildman–Crippen LogP) is -5.48. The summed E-state index contributed by atoms with van der Waals surface area (Å²) in [7, 11) is 0. The zero-order valence-corrected chi connectivity index (χ0v) is 49.9. The van der Waals surface area contributed by atoms with E-state index in [1.54, 1.807) is 58.2 Å². The number of hydrogen-bond acceptors (Lipinski definition) is 17. The number of carbonyl (C=O) groups is 13. The number of fused-ring (bicyclic) bond motifs is 1. The standard InChI is InChI=1S/C55H86N16O17/c1-6-27(4)43(52(85)70-44(28(5)73)54(87)88)69-47(80)33(13-9-19-61-55(59)60)63-46(79)34(16-18-42(76)77)64-48(81)36(21-26(2)3)66-50(83)38(23-41(58)75)67-49(82)37(22-29-24-62-32-12-8-7-11-30(29)32)68-51(84)39-14-10-20-71(39)53(86)35(15-17-40(57)74)65-45(78)31(56)25-72/h7-8,11-12,24,26-28,31,33-39,43-44,62,72-73H,6,9-10,13-23,25,56H2,1-5H3,(H2,57,74)(H2,58,75)(H,63,79)(H,64,81)(H,65,78)(H,66,83)(H,67,82)(H,68,84)(H,69,80)(H,70,85)(H,76,77)(H,87,88)(H4,59,60,61)/t27-,28+,31-,33-,34-,35-,36-,37-,38-,39-,43-,44-/m0/s1. The fourth-order valence-corrected chi connectivity index (χ4v) is 9.51. The molecule has 1 aromatic heterocycles. The number of aliphatic carboxylic acids is 2. The average Bonchev–Trinajstić information content (AvgIpc) is 4.32. The van der Waals surface area contributed by atoms with E-state index >= 15 is 0 Å². The number of amides is 11. The summed E-state index contributed by atoms with van der Waals surface area (Å²) in [6, 6.07) is -8.65. The molecular weight excluding hydrogens is 1160 g/mol. The van der Waals surface area contributed by atoms with Crippen LogP contribution < -0.4 is 71.2 Å². The summed E-state index contributed by atoms with van der Waals surface area (Å²) in [5, 5.41) is 59.1. The number of carbonyl (C=O) groups excluding carboxylic acids is 11. The summed E-state index contributed by atoms with van der Waals surface area (Å²) in [6.45, 7) is 6.87. The molecule has 0 spiro atoms. The number of likely N-dealkylation sites (tertiary alicyclic amines) is 1. The first-order valence-electron chi connectivity index (χ1n) is 28.8. The van der Waals surface area contributed by atoms with Crippen LogP contribution in [0.4, 0.5) is 0 Å². The van der Waals surface area contributed by atoms with Crippen molar-refractivity contribution in [2.24, 2.45) is 45.5 Å². The Labute approximate surface area is 506 Å². The molecule has 1 fully saturated rings.